The molecule has 0 fully saturated rings. The lowest BCUT2D eigenvalue weighted by Gasteiger charge is -2.13. The lowest BCUT2D eigenvalue weighted by atomic mass is 9.97. The van der Waals surface area contributed by atoms with Crippen LogP contribution >= 0.6 is 0 Å². The van der Waals surface area contributed by atoms with Gasteiger partial charge in [-0.05, 0) is 55.0 Å². The third-order valence-electron chi connectivity index (χ3n) is 4.93. The van der Waals surface area contributed by atoms with Crippen molar-refractivity contribution < 1.29 is 4.74 Å². The van der Waals surface area contributed by atoms with Crippen LogP contribution in [0.5, 0.6) is 5.75 Å². The van der Waals surface area contributed by atoms with E-state index in [4.69, 9.17) is 15.0 Å². The lowest BCUT2D eigenvalue weighted by Crippen LogP contribution is -1.93. The second-order valence-corrected chi connectivity index (χ2v) is 6.88. The predicted octanol–water partition coefficient (Wildman–Crippen LogP) is 6.27. The number of aromatic nitrogens is 1. The first kappa shape index (κ1) is 18.5. The summed E-state index contributed by atoms with van der Waals surface area (Å²) >= 11 is 0. The zero-order valence-corrected chi connectivity index (χ0v) is 16.4. The van der Waals surface area contributed by atoms with Crippen molar-refractivity contribution in [2.45, 2.75) is 6.92 Å². The number of methoxy groups -OCH3 is 1. The Morgan fingerprint density at radius 2 is 1.34 bits per heavy atom. The number of benzene rings is 3. The topological polar surface area (TPSA) is 45.9 Å². The largest absolute Gasteiger partial charge is 0.497 e. The summed E-state index contributed by atoms with van der Waals surface area (Å²) in [5.74, 6) is 0.817. The first-order valence-corrected chi connectivity index (χ1v) is 9.41. The number of nitrogens with zero attached hydrogens (tertiary/aromatic N) is 2. The molecule has 0 aliphatic rings. The number of nitriles is 1. The molecule has 0 N–H and O–H groups in total. The van der Waals surface area contributed by atoms with Crippen molar-refractivity contribution >= 4 is 0 Å². The highest BCUT2D eigenvalue weighted by molar-refractivity contribution is 5.83. The summed E-state index contributed by atoms with van der Waals surface area (Å²) in [7, 11) is 1.66. The van der Waals surface area contributed by atoms with Crippen LogP contribution in [0.25, 0.3) is 33.6 Å². The summed E-state index contributed by atoms with van der Waals surface area (Å²) in [5, 5.41) is 9.12. The lowest BCUT2D eigenvalue weighted by molar-refractivity contribution is 0.415. The molecule has 4 rings (SSSR count). The minimum absolute atomic E-state index is 0.636. The SMILES string of the molecule is COc1ccc(-c2ccc(-c3ccc(C)cc3)c(-c3ccc(C#N)cc3)n2)cc1. The van der Waals surface area contributed by atoms with Crippen molar-refractivity contribution in [2.24, 2.45) is 0 Å². The Morgan fingerprint density at radius 1 is 0.724 bits per heavy atom. The van der Waals surface area contributed by atoms with Gasteiger partial charge in [-0.1, -0.05) is 48.0 Å². The quantitative estimate of drug-likeness (QED) is 0.421. The van der Waals surface area contributed by atoms with Crippen LogP contribution < -0.4 is 4.74 Å². The second kappa shape index (κ2) is 8.00. The fourth-order valence-electron chi connectivity index (χ4n) is 3.27. The third kappa shape index (κ3) is 3.88. The fraction of sp³-hybridized carbons (Fsp3) is 0.0769. The molecule has 0 atom stereocenters. The van der Waals surface area contributed by atoms with Crippen LogP contribution in [0.4, 0.5) is 0 Å². The molecule has 0 saturated heterocycles. The molecule has 0 aliphatic heterocycles. The molecule has 0 unspecified atom stereocenters. The molecule has 29 heavy (non-hydrogen) atoms. The summed E-state index contributed by atoms with van der Waals surface area (Å²) < 4.78 is 5.26. The van der Waals surface area contributed by atoms with Gasteiger partial charge in [0.15, 0.2) is 0 Å². The van der Waals surface area contributed by atoms with Gasteiger partial charge < -0.3 is 4.74 Å². The Balaban J connectivity index is 1.86. The average Bonchev–Trinajstić information content (AvgIpc) is 2.79. The summed E-state index contributed by atoms with van der Waals surface area (Å²) in [6.07, 6.45) is 0. The van der Waals surface area contributed by atoms with Crippen LogP contribution in [0.3, 0.4) is 0 Å². The molecule has 0 aliphatic carbocycles. The number of aryl methyl sites for hydroxylation is 1. The van der Waals surface area contributed by atoms with E-state index in [9.17, 15) is 0 Å². The van der Waals surface area contributed by atoms with Crippen molar-refractivity contribution in [3.8, 4) is 45.5 Å². The maximum Gasteiger partial charge on any atom is 0.118 e. The van der Waals surface area contributed by atoms with Gasteiger partial charge in [0.2, 0.25) is 0 Å². The maximum atomic E-state index is 9.12. The molecule has 0 saturated carbocycles. The Morgan fingerprint density at radius 3 is 1.97 bits per heavy atom. The number of hydrogen-bond acceptors (Lipinski definition) is 3. The minimum atomic E-state index is 0.636. The van der Waals surface area contributed by atoms with Gasteiger partial charge in [0, 0.05) is 16.7 Å². The Kier molecular flexibility index (Phi) is 5.09. The van der Waals surface area contributed by atoms with Crippen LogP contribution in [0.2, 0.25) is 0 Å². The molecule has 3 nitrogen and oxygen atoms in total. The molecule has 0 radical (unpaired) electrons. The molecular formula is C26H20N2O. The zero-order chi connectivity index (χ0) is 20.2. The summed E-state index contributed by atoms with van der Waals surface area (Å²) in [4.78, 5) is 5.00. The van der Waals surface area contributed by atoms with Crippen molar-refractivity contribution in [1.82, 2.24) is 4.98 Å². The maximum absolute atomic E-state index is 9.12. The van der Waals surface area contributed by atoms with E-state index in [1.165, 1.54) is 5.56 Å². The Hall–Kier alpha value is -3.90. The van der Waals surface area contributed by atoms with Crippen LogP contribution in [0.15, 0.2) is 84.9 Å². The highest BCUT2D eigenvalue weighted by Crippen LogP contribution is 2.33. The summed E-state index contributed by atoms with van der Waals surface area (Å²) in [6, 6.07) is 30.2. The third-order valence-corrected chi connectivity index (χ3v) is 4.93. The minimum Gasteiger partial charge on any atom is -0.497 e. The van der Waals surface area contributed by atoms with Gasteiger partial charge >= 0.3 is 0 Å². The van der Waals surface area contributed by atoms with Gasteiger partial charge in [-0.25, -0.2) is 4.98 Å². The van der Waals surface area contributed by atoms with Gasteiger partial charge in [0.25, 0.3) is 0 Å². The molecular weight excluding hydrogens is 356 g/mol. The van der Waals surface area contributed by atoms with Gasteiger partial charge in [0.05, 0.1) is 30.1 Å². The van der Waals surface area contributed by atoms with Crippen LogP contribution in [0, 0.1) is 18.3 Å². The van der Waals surface area contributed by atoms with Crippen molar-refractivity contribution in [1.29, 1.82) is 5.26 Å². The standard InChI is InChI=1S/C26H20N2O/c1-18-3-7-20(8-4-18)24-15-16-25(21-11-13-23(29-2)14-12-21)28-26(24)22-9-5-19(17-27)6-10-22/h3-16H,1-2H3. The van der Waals surface area contributed by atoms with Gasteiger partial charge in [0.1, 0.15) is 5.75 Å². The van der Waals surface area contributed by atoms with Crippen LogP contribution in [0.1, 0.15) is 11.1 Å². The molecule has 1 heterocycles. The summed E-state index contributed by atoms with van der Waals surface area (Å²) in [5.41, 5.74) is 7.82. The fourth-order valence-corrected chi connectivity index (χ4v) is 3.27. The van der Waals surface area contributed by atoms with Crippen molar-refractivity contribution in [3.05, 3.63) is 96.1 Å². The molecule has 0 spiro atoms. The monoisotopic (exact) mass is 376 g/mol. The van der Waals surface area contributed by atoms with E-state index in [0.717, 1.165) is 39.4 Å². The number of rotatable bonds is 4. The predicted molar refractivity (Wildman–Crippen MR) is 117 cm³/mol. The van der Waals surface area contributed by atoms with Gasteiger partial charge in [-0.3, -0.25) is 0 Å². The van der Waals surface area contributed by atoms with E-state index < -0.39 is 0 Å². The highest BCUT2D eigenvalue weighted by Gasteiger charge is 2.12. The average molecular weight is 376 g/mol. The number of hydrogen-bond donors (Lipinski definition) is 0. The Bertz CT molecular complexity index is 1170. The van der Waals surface area contributed by atoms with Gasteiger partial charge in [-0.15, -0.1) is 0 Å². The molecule has 1 aromatic heterocycles. The van der Waals surface area contributed by atoms with Crippen LogP contribution in [-0.2, 0) is 0 Å². The molecule has 3 aromatic carbocycles. The van der Waals surface area contributed by atoms with E-state index in [1.807, 2.05) is 54.6 Å². The molecule has 0 bridgehead atoms. The first-order valence-electron chi connectivity index (χ1n) is 9.41. The van der Waals surface area contributed by atoms with Crippen molar-refractivity contribution in [3.63, 3.8) is 0 Å². The number of pyridine rings is 1. The van der Waals surface area contributed by atoms with E-state index in [1.54, 1.807) is 7.11 Å². The first-order chi connectivity index (χ1) is 14.2. The second-order valence-electron chi connectivity index (χ2n) is 6.88. The summed E-state index contributed by atoms with van der Waals surface area (Å²) in [6.45, 7) is 2.08. The van der Waals surface area contributed by atoms with E-state index in [2.05, 4.69) is 43.3 Å². The Labute approximate surface area is 170 Å². The molecule has 140 valence electrons. The van der Waals surface area contributed by atoms with Crippen LogP contribution in [-0.4, -0.2) is 12.1 Å². The molecule has 4 aromatic rings. The molecule has 0 amide bonds. The number of ether oxygens (including phenoxy) is 1. The van der Waals surface area contributed by atoms with Crippen molar-refractivity contribution in [2.75, 3.05) is 7.11 Å². The van der Waals surface area contributed by atoms with E-state index in [0.29, 0.717) is 5.56 Å². The normalized spacial score (nSPS) is 10.4. The highest BCUT2D eigenvalue weighted by atomic mass is 16.5. The van der Waals surface area contributed by atoms with E-state index in [-0.39, 0.29) is 0 Å². The zero-order valence-electron chi connectivity index (χ0n) is 16.4. The molecule has 3 heteroatoms. The van der Waals surface area contributed by atoms with E-state index >= 15 is 0 Å². The smallest absolute Gasteiger partial charge is 0.118 e. The van der Waals surface area contributed by atoms with Gasteiger partial charge in [-0.2, -0.15) is 5.26 Å².